The third-order valence-electron chi connectivity index (χ3n) is 7.91. The summed E-state index contributed by atoms with van der Waals surface area (Å²) < 4.78 is 40.1. The first-order valence-electron chi connectivity index (χ1n) is 15.9. The molecule has 0 bridgehead atoms. The molecule has 2 aliphatic rings. The number of nitrogens with one attached hydrogen (secondary N) is 2. The van der Waals surface area contributed by atoms with Crippen LogP contribution in [0.5, 0.6) is 11.9 Å². The second-order valence-electron chi connectivity index (χ2n) is 11.0. The maximum absolute atomic E-state index is 16.1. The van der Waals surface area contributed by atoms with Gasteiger partial charge in [-0.15, -0.1) is 0 Å². The van der Waals surface area contributed by atoms with E-state index in [0.717, 1.165) is 24.8 Å². The summed E-state index contributed by atoms with van der Waals surface area (Å²) in [5, 5.41) is 8.14. The summed E-state index contributed by atoms with van der Waals surface area (Å²) in [4.78, 5) is 20.0. The average molecular weight is 625 g/mol. The van der Waals surface area contributed by atoms with Crippen molar-refractivity contribution in [2.45, 2.75) is 71.7 Å². The maximum Gasteiger partial charge on any atom is 0.318 e. The number of aromatic nitrogens is 4. The van der Waals surface area contributed by atoms with Crippen LogP contribution in [0.1, 0.15) is 53.4 Å². The molecule has 1 aromatic carbocycles. The van der Waals surface area contributed by atoms with Crippen LogP contribution in [0.25, 0.3) is 33.1 Å². The van der Waals surface area contributed by atoms with Gasteiger partial charge in [0.15, 0.2) is 5.82 Å². The first-order valence-corrected chi connectivity index (χ1v) is 15.9. The number of rotatable bonds is 9. The highest BCUT2D eigenvalue weighted by molar-refractivity contribution is 6.00. The number of benzene rings is 1. The second-order valence-corrected chi connectivity index (χ2v) is 11.0. The summed E-state index contributed by atoms with van der Waals surface area (Å²) in [6.45, 7) is 11.0. The summed E-state index contributed by atoms with van der Waals surface area (Å²) in [5.74, 6) is 0.184. The number of halogens is 2. The van der Waals surface area contributed by atoms with Gasteiger partial charge in [0, 0.05) is 31.1 Å². The monoisotopic (exact) mass is 624 g/mol. The molecule has 10 nitrogen and oxygen atoms in total. The van der Waals surface area contributed by atoms with Crippen molar-refractivity contribution in [3.63, 3.8) is 0 Å². The molecule has 4 aromatic rings. The van der Waals surface area contributed by atoms with Crippen LogP contribution in [0.15, 0.2) is 30.3 Å². The topological polar surface area (TPSA) is 123 Å². The lowest BCUT2D eigenvalue weighted by Gasteiger charge is -2.18. The van der Waals surface area contributed by atoms with Crippen LogP contribution in [0.4, 0.5) is 20.4 Å². The molecule has 3 unspecified atom stereocenters. The molecule has 0 saturated carbocycles. The first kappa shape index (κ1) is 34.0. The van der Waals surface area contributed by atoms with E-state index in [1.807, 2.05) is 59.0 Å². The normalized spacial score (nSPS) is 18.0. The smallest absolute Gasteiger partial charge is 0.318 e. The molecule has 2 fully saturated rings. The van der Waals surface area contributed by atoms with E-state index >= 15 is 4.39 Å². The van der Waals surface area contributed by atoms with Crippen molar-refractivity contribution in [1.82, 2.24) is 30.2 Å². The summed E-state index contributed by atoms with van der Waals surface area (Å²) in [5.41, 5.74) is 6.38. The van der Waals surface area contributed by atoms with Gasteiger partial charge in [-0.2, -0.15) is 9.97 Å². The fourth-order valence-corrected chi connectivity index (χ4v) is 5.59. The minimum atomic E-state index is -0.660. The molecule has 0 spiro atoms. The minimum Gasteiger partial charge on any atom is -0.474 e. The Balaban J connectivity index is 0.000000352. The molecule has 4 N–H and O–H groups in total. The molecule has 3 aromatic heterocycles. The fourth-order valence-electron chi connectivity index (χ4n) is 5.59. The van der Waals surface area contributed by atoms with E-state index in [0.29, 0.717) is 48.0 Å². The lowest BCUT2D eigenvalue weighted by molar-refractivity contribution is 0.211. The predicted molar refractivity (Wildman–Crippen MR) is 177 cm³/mol. The van der Waals surface area contributed by atoms with Crippen molar-refractivity contribution >= 4 is 33.3 Å². The van der Waals surface area contributed by atoms with Crippen LogP contribution < -0.4 is 25.8 Å². The number of anilines is 2. The predicted octanol–water partition coefficient (Wildman–Crippen LogP) is 6.00. The number of nitrogens with two attached hydrogens (primary N) is 1. The van der Waals surface area contributed by atoms with Crippen molar-refractivity contribution in [3.05, 3.63) is 36.1 Å². The second kappa shape index (κ2) is 15.9. The van der Waals surface area contributed by atoms with E-state index in [1.54, 1.807) is 6.07 Å². The van der Waals surface area contributed by atoms with Gasteiger partial charge >= 0.3 is 6.01 Å². The van der Waals surface area contributed by atoms with Gasteiger partial charge in [-0.1, -0.05) is 45.0 Å². The molecule has 0 aliphatic carbocycles. The van der Waals surface area contributed by atoms with Gasteiger partial charge in [0.05, 0.1) is 13.2 Å². The zero-order valence-corrected chi connectivity index (χ0v) is 27.2. The third kappa shape index (κ3) is 7.85. The molecule has 2 saturated heterocycles. The van der Waals surface area contributed by atoms with Crippen LogP contribution in [-0.2, 0) is 0 Å². The van der Waals surface area contributed by atoms with Crippen LogP contribution in [0, 0.1) is 5.82 Å². The standard InChI is InChI=1S/C24H28FN7O2.C7H12FN.C2H6/c1-5-13(2)34-23-17-20(31-24(33-4)32-22(17)28-11-10-27-3)18(25)21(30-23)19-15-9-7-6-8-14(15)12-16(26)29-19;8-6-4-7-2-1-3-9(7)5-6;1-2/h6-9,12-13,27H,5,10-11H2,1-4H3,(H2,26,29)(H,28,31,32);6-7H,1-5H2;1-2H3. The van der Waals surface area contributed by atoms with Crippen molar-refractivity contribution in [2.24, 2.45) is 0 Å². The molecule has 45 heavy (non-hydrogen) atoms. The van der Waals surface area contributed by atoms with Gasteiger partial charge in [-0.3, -0.25) is 4.90 Å². The van der Waals surface area contributed by atoms with Gasteiger partial charge in [0.25, 0.3) is 0 Å². The van der Waals surface area contributed by atoms with E-state index in [9.17, 15) is 4.39 Å². The van der Waals surface area contributed by atoms with Crippen molar-refractivity contribution < 1.29 is 18.3 Å². The highest BCUT2D eigenvalue weighted by atomic mass is 19.1. The summed E-state index contributed by atoms with van der Waals surface area (Å²) in [7, 11) is 3.27. The number of likely N-dealkylation sites (N-methyl/N-ethyl adjacent to an activating group) is 1. The lowest BCUT2D eigenvalue weighted by atomic mass is 10.1. The first-order chi connectivity index (χ1) is 21.8. The van der Waals surface area contributed by atoms with E-state index in [-0.39, 0.29) is 35.0 Å². The Morgan fingerprint density at radius 1 is 1.11 bits per heavy atom. The molecule has 3 atom stereocenters. The number of nitrogens with zero attached hydrogens (tertiary/aromatic N) is 5. The van der Waals surface area contributed by atoms with Crippen LogP contribution in [0.3, 0.4) is 0 Å². The lowest BCUT2D eigenvalue weighted by Crippen LogP contribution is -2.22. The number of methoxy groups -OCH3 is 1. The maximum atomic E-state index is 16.1. The number of hydrogen-bond donors (Lipinski definition) is 3. The Labute approximate surface area is 264 Å². The van der Waals surface area contributed by atoms with Crippen molar-refractivity contribution in [2.75, 3.05) is 51.4 Å². The Hall–Kier alpha value is -3.90. The van der Waals surface area contributed by atoms with Crippen molar-refractivity contribution in [1.29, 1.82) is 0 Å². The quantitative estimate of drug-likeness (QED) is 0.191. The summed E-state index contributed by atoms with van der Waals surface area (Å²) in [6.07, 6.45) is 3.37. The van der Waals surface area contributed by atoms with E-state index in [4.69, 9.17) is 15.2 Å². The molecule has 0 amide bonds. The molecule has 0 radical (unpaired) electrons. The van der Waals surface area contributed by atoms with E-state index in [1.165, 1.54) is 20.0 Å². The van der Waals surface area contributed by atoms with E-state index in [2.05, 4.69) is 35.5 Å². The molecule has 6 rings (SSSR count). The number of fused-ring (bicyclic) bond motifs is 3. The summed E-state index contributed by atoms with van der Waals surface area (Å²) >= 11 is 0. The number of hydrogen-bond acceptors (Lipinski definition) is 10. The minimum absolute atomic E-state index is 0.00349. The number of ether oxygens (including phenoxy) is 2. The highest BCUT2D eigenvalue weighted by Crippen LogP contribution is 2.38. The molecular weight excluding hydrogens is 578 g/mol. The zero-order chi connectivity index (χ0) is 32.5. The van der Waals surface area contributed by atoms with Gasteiger partial charge in [0.1, 0.15) is 40.1 Å². The Morgan fingerprint density at radius 2 is 1.89 bits per heavy atom. The number of pyridine rings is 2. The SMILES string of the molecule is CC.CCC(C)Oc1nc(-c2nc(N)cc3ccccc23)c(F)c2nc(OC)nc(NCCNC)c12.FC1CC2CCCN2C1. The van der Waals surface area contributed by atoms with Gasteiger partial charge in [0.2, 0.25) is 5.88 Å². The highest BCUT2D eigenvalue weighted by Gasteiger charge is 2.34. The number of alkyl halides is 1. The fraction of sp³-hybridized carbons (Fsp3) is 0.515. The Morgan fingerprint density at radius 3 is 2.60 bits per heavy atom. The molecule has 12 heteroatoms. The van der Waals surface area contributed by atoms with Crippen LogP contribution in [0.2, 0.25) is 0 Å². The van der Waals surface area contributed by atoms with Crippen molar-refractivity contribution in [3.8, 4) is 23.3 Å². The third-order valence-corrected chi connectivity index (χ3v) is 7.91. The largest absolute Gasteiger partial charge is 0.474 e. The van der Waals surface area contributed by atoms with Gasteiger partial charge < -0.3 is 25.8 Å². The Kier molecular flexibility index (Phi) is 12.0. The molecular formula is C33H46F2N8O2. The molecule has 2 aliphatic heterocycles. The van der Waals surface area contributed by atoms with Gasteiger partial charge in [-0.25, -0.2) is 18.7 Å². The number of nitrogen functional groups attached to an aromatic ring is 1. The van der Waals surface area contributed by atoms with Crippen LogP contribution >= 0.6 is 0 Å². The zero-order valence-electron chi connectivity index (χ0n) is 27.2. The molecule has 5 heterocycles. The average Bonchev–Trinajstić information content (AvgIpc) is 3.64. The van der Waals surface area contributed by atoms with Gasteiger partial charge in [-0.05, 0) is 57.7 Å². The van der Waals surface area contributed by atoms with E-state index < -0.39 is 12.0 Å². The summed E-state index contributed by atoms with van der Waals surface area (Å²) in [6, 6.07) is 9.85. The van der Waals surface area contributed by atoms with Crippen LogP contribution in [-0.4, -0.2) is 83.5 Å². The molecule has 244 valence electrons. The Bertz CT molecular complexity index is 1560.